The summed E-state index contributed by atoms with van der Waals surface area (Å²) in [6.45, 7) is 3.53. The lowest BCUT2D eigenvalue weighted by Gasteiger charge is -2.32. The SMILES string of the molecule is CCNC(=O)C(C)N(CCc1ccccc1)C(=O)CN(c1cccc(Cl)c1)S(=O)(=O)c1ccc(Cl)cc1. The Hall–Kier alpha value is -3.07. The zero-order valence-corrected chi connectivity index (χ0v) is 22.9. The second kappa shape index (κ2) is 12.9. The largest absolute Gasteiger partial charge is 0.355 e. The van der Waals surface area contributed by atoms with Crippen LogP contribution < -0.4 is 9.62 Å². The Morgan fingerprint density at radius 1 is 0.919 bits per heavy atom. The third-order valence-electron chi connectivity index (χ3n) is 5.78. The fraction of sp³-hybridized carbons (Fsp3) is 0.259. The van der Waals surface area contributed by atoms with E-state index in [1.807, 2.05) is 30.3 Å². The monoisotopic (exact) mass is 561 g/mol. The normalized spacial score (nSPS) is 12.0. The lowest BCUT2D eigenvalue weighted by atomic mass is 10.1. The summed E-state index contributed by atoms with van der Waals surface area (Å²) in [6.07, 6.45) is 0.497. The Morgan fingerprint density at radius 2 is 1.59 bits per heavy atom. The predicted octanol–water partition coefficient (Wildman–Crippen LogP) is 4.78. The van der Waals surface area contributed by atoms with Crippen LogP contribution in [0, 0.1) is 0 Å². The van der Waals surface area contributed by atoms with Crippen molar-refractivity contribution < 1.29 is 18.0 Å². The lowest BCUT2D eigenvalue weighted by Crippen LogP contribution is -2.52. The standard InChI is InChI=1S/C27H29Cl2N3O4S/c1-3-30-27(34)20(2)31(17-16-21-8-5-4-6-9-21)26(33)19-32(24-11-7-10-23(29)18-24)37(35,36)25-14-12-22(28)13-15-25/h4-15,18,20H,3,16-17,19H2,1-2H3,(H,30,34). The van der Waals surface area contributed by atoms with E-state index in [-0.39, 0.29) is 23.0 Å². The summed E-state index contributed by atoms with van der Waals surface area (Å²) in [6, 6.07) is 20.7. The summed E-state index contributed by atoms with van der Waals surface area (Å²) in [5.41, 5.74) is 1.22. The van der Waals surface area contributed by atoms with E-state index >= 15 is 0 Å². The molecule has 196 valence electrons. The molecule has 0 aliphatic rings. The van der Waals surface area contributed by atoms with Crippen LogP contribution in [-0.2, 0) is 26.0 Å². The second-order valence-electron chi connectivity index (χ2n) is 8.34. The number of halogens is 2. The van der Waals surface area contributed by atoms with Crippen LogP contribution in [-0.4, -0.2) is 50.8 Å². The summed E-state index contributed by atoms with van der Waals surface area (Å²) in [5.74, 6) is -0.842. The Balaban J connectivity index is 1.97. The topological polar surface area (TPSA) is 86.8 Å². The highest BCUT2D eigenvalue weighted by molar-refractivity contribution is 7.92. The highest BCUT2D eigenvalue weighted by Crippen LogP contribution is 2.27. The molecule has 0 fully saturated rings. The molecule has 37 heavy (non-hydrogen) atoms. The highest BCUT2D eigenvalue weighted by atomic mass is 35.5. The summed E-state index contributed by atoms with van der Waals surface area (Å²) in [4.78, 5) is 27.8. The van der Waals surface area contributed by atoms with E-state index in [9.17, 15) is 18.0 Å². The van der Waals surface area contributed by atoms with Crippen molar-refractivity contribution in [2.45, 2.75) is 31.2 Å². The summed E-state index contributed by atoms with van der Waals surface area (Å²) < 4.78 is 28.4. The smallest absolute Gasteiger partial charge is 0.264 e. The van der Waals surface area contributed by atoms with Crippen LogP contribution in [0.3, 0.4) is 0 Å². The number of benzene rings is 3. The Morgan fingerprint density at radius 3 is 2.22 bits per heavy atom. The number of amides is 2. The number of hydrogen-bond donors (Lipinski definition) is 1. The lowest BCUT2D eigenvalue weighted by molar-refractivity contribution is -0.138. The first-order valence-corrected chi connectivity index (χ1v) is 14.0. The maximum atomic E-state index is 13.7. The number of rotatable bonds is 11. The number of anilines is 1. The average molecular weight is 563 g/mol. The third-order valence-corrected chi connectivity index (χ3v) is 8.05. The number of nitrogens with zero attached hydrogens (tertiary/aromatic N) is 2. The van der Waals surface area contributed by atoms with Crippen molar-refractivity contribution in [2.24, 2.45) is 0 Å². The van der Waals surface area contributed by atoms with Gasteiger partial charge in [0.15, 0.2) is 0 Å². The molecule has 0 spiro atoms. The van der Waals surface area contributed by atoms with Crippen molar-refractivity contribution in [2.75, 3.05) is 23.9 Å². The number of carbonyl (C=O) groups excluding carboxylic acids is 2. The van der Waals surface area contributed by atoms with Crippen LogP contribution in [0.2, 0.25) is 10.0 Å². The summed E-state index contributed by atoms with van der Waals surface area (Å²) in [5, 5.41) is 3.44. The molecule has 3 rings (SSSR count). The van der Waals surface area contributed by atoms with Gasteiger partial charge in [0, 0.05) is 23.1 Å². The summed E-state index contributed by atoms with van der Waals surface area (Å²) in [7, 11) is -4.17. The van der Waals surface area contributed by atoms with Crippen LogP contribution in [0.5, 0.6) is 0 Å². The molecule has 1 unspecified atom stereocenters. The van der Waals surface area contributed by atoms with Gasteiger partial charge in [-0.15, -0.1) is 0 Å². The van der Waals surface area contributed by atoms with Crippen molar-refractivity contribution in [1.29, 1.82) is 0 Å². The molecule has 0 aliphatic heterocycles. The van der Waals surface area contributed by atoms with E-state index in [0.717, 1.165) is 9.87 Å². The molecule has 0 saturated carbocycles. The van der Waals surface area contributed by atoms with Crippen LogP contribution in [0.15, 0.2) is 83.8 Å². The third kappa shape index (κ3) is 7.47. The minimum atomic E-state index is -4.17. The van der Waals surface area contributed by atoms with Gasteiger partial charge in [0.25, 0.3) is 10.0 Å². The molecule has 0 aliphatic carbocycles. The zero-order valence-electron chi connectivity index (χ0n) is 20.6. The van der Waals surface area contributed by atoms with E-state index in [0.29, 0.717) is 23.0 Å². The highest BCUT2D eigenvalue weighted by Gasteiger charge is 2.32. The first-order valence-electron chi connectivity index (χ1n) is 11.8. The van der Waals surface area contributed by atoms with Gasteiger partial charge < -0.3 is 10.2 Å². The first-order chi connectivity index (χ1) is 17.6. The van der Waals surface area contributed by atoms with Crippen LogP contribution in [0.25, 0.3) is 0 Å². The van der Waals surface area contributed by atoms with Gasteiger partial charge in [-0.05, 0) is 68.3 Å². The second-order valence-corrected chi connectivity index (χ2v) is 11.1. The number of hydrogen-bond acceptors (Lipinski definition) is 4. The molecule has 10 heteroatoms. The van der Waals surface area contributed by atoms with Gasteiger partial charge in [0.1, 0.15) is 12.6 Å². The van der Waals surface area contributed by atoms with Crippen molar-refractivity contribution in [3.63, 3.8) is 0 Å². The maximum absolute atomic E-state index is 13.7. The van der Waals surface area contributed by atoms with Crippen molar-refractivity contribution in [1.82, 2.24) is 10.2 Å². The van der Waals surface area contributed by atoms with Gasteiger partial charge >= 0.3 is 0 Å². The van der Waals surface area contributed by atoms with E-state index < -0.39 is 28.5 Å². The molecule has 7 nitrogen and oxygen atoms in total. The molecule has 3 aromatic carbocycles. The van der Waals surface area contributed by atoms with Gasteiger partial charge in [-0.1, -0.05) is 59.6 Å². The van der Waals surface area contributed by atoms with E-state index in [1.54, 1.807) is 32.0 Å². The molecular weight excluding hydrogens is 533 g/mol. The molecular formula is C27H29Cl2N3O4S. The fourth-order valence-electron chi connectivity index (χ4n) is 3.79. The van der Waals surface area contributed by atoms with Crippen LogP contribution in [0.4, 0.5) is 5.69 Å². The Labute approximate surface area is 228 Å². The maximum Gasteiger partial charge on any atom is 0.264 e. The first kappa shape index (κ1) is 28.5. The van der Waals surface area contributed by atoms with Crippen LogP contribution in [0.1, 0.15) is 19.4 Å². The van der Waals surface area contributed by atoms with Gasteiger partial charge in [-0.2, -0.15) is 0 Å². The molecule has 1 atom stereocenters. The molecule has 0 aromatic heterocycles. The number of nitrogens with one attached hydrogen (secondary N) is 1. The van der Waals surface area contributed by atoms with Crippen molar-refractivity contribution in [3.8, 4) is 0 Å². The molecule has 1 N–H and O–H groups in total. The van der Waals surface area contributed by atoms with Gasteiger partial charge in [0.05, 0.1) is 10.6 Å². The molecule has 0 bridgehead atoms. The van der Waals surface area contributed by atoms with E-state index in [4.69, 9.17) is 23.2 Å². The van der Waals surface area contributed by atoms with Crippen molar-refractivity contribution >= 4 is 50.7 Å². The molecule has 0 radical (unpaired) electrons. The minimum absolute atomic E-state index is 0.0303. The minimum Gasteiger partial charge on any atom is -0.355 e. The number of carbonyl (C=O) groups is 2. The van der Waals surface area contributed by atoms with Crippen molar-refractivity contribution in [3.05, 3.63) is 94.5 Å². The zero-order chi connectivity index (χ0) is 27.0. The molecule has 0 heterocycles. The Kier molecular flexibility index (Phi) is 9.97. The van der Waals surface area contributed by atoms with Gasteiger partial charge in [-0.3, -0.25) is 13.9 Å². The molecule has 2 amide bonds. The van der Waals surface area contributed by atoms with E-state index in [2.05, 4.69) is 5.32 Å². The van der Waals surface area contributed by atoms with Crippen LogP contribution >= 0.6 is 23.2 Å². The predicted molar refractivity (Wildman–Crippen MR) is 147 cm³/mol. The number of likely N-dealkylation sites (N-methyl/N-ethyl adjacent to an activating group) is 1. The van der Waals surface area contributed by atoms with Gasteiger partial charge in [-0.25, -0.2) is 8.42 Å². The van der Waals surface area contributed by atoms with Gasteiger partial charge in [0.2, 0.25) is 11.8 Å². The molecule has 0 saturated heterocycles. The quantitative estimate of drug-likeness (QED) is 0.364. The number of sulfonamides is 1. The molecule has 3 aromatic rings. The van der Waals surface area contributed by atoms with E-state index in [1.165, 1.54) is 35.2 Å². The summed E-state index contributed by atoms with van der Waals surface area (Å²) >= 11 is 12.1. The fourth-order valence-corrected chi connectivity index (χ4v) is 5.50. The average Bonchev–Trinajstić information content (AvgIpc) is 2.88. The Bertz CT molecular complexity index is 1320.